The van der Waals surface area contributed by atoms with E-state index in [0.717, 1.165) is 22.7 Å². The molecule has 1 saturated carbocycles. The van der Waals surface area contributed by atoms with Crippen LogP contribution in [0.3, 0.4) is 0 Å². The summed E-state index contributed by atoms with van der Waals surface area (Å²) in [7, 11) is 0. The van der Waals surface area contributed by atoms with Crippen LogP contribution < -0.4 is 10.1 Å². The van der Waals surface area contributed by atoms with Crippen LogP contribution >= 0.6 is 15.9 Å². The Morgan fingerprint density at radius 3 is 3.00 bits per heavy atom. The normalized spacial score (nSPS) is 16.3. The predicted molar refractivity (Wildman–Crippen MR) is 80.5 cm³/mol. The first-order chi connectivity index (χ1) is 9.24. The van der Waals surface area contributed by atoms with E-state index in [9.17, 15) is 5.11 Å². The van der Waals surface area contributed by atoms with Crippen molar-refractivity contribution in [1.29, 1.82) is 0 Å². The first-order valence-corrected chi connectivity index (χ1v) is 7.80. The smallest absolute Gasteiger partial charge is 0.120 e. The first-order valence-electron chi connectivity index (χ1n) is 7.01. The SMILES string of the molecule is OC(CNCCCC1CC1)COc1cccc(Br)c1. The number of rotatable bonds is 9. The molecule has 1 aromatic carbocycles. The zero-order valence-corrected chi connectivity index (χ0v) is 12.7. The first kappa shape index (κ1) is 14.8. The van der Waals surface area contributed by atoms with Crippen molar-refractivity contribution in [3.8, 4) is 5.75 Å². The molecular weight excluding hydrogens is 306 g/mol. The van der Waals surface area contributed by atoms with E-state index in [-0.39, 0.29) is 0 Å². The van der Waals surface area contributed by atoms with Gasteiger partial charge in [0.15, 0.2) is 0 Å². The van der Waals surface area contributed by atoms with E-state index in [0.29, 0.717) is 13.2 Å². The van der Waals surface area contributed by atoms with Crippen LogP contribution in [0.2, 0.25) is 0 Å². The summed E-state index contributed by atoms with van der Waals surface area (Å²) in [5.41, 5.74) is 0. The Bertz CT molecular complexity index is 382. The minimum absolute atomic E-state index is 0.325. The van der Waals surface area contributed by atoms with Gasteiger partial charge in [-0.1, -0.05) is 34.8 Å². The standard InChI is InChI=1S/C15H22BrNO2/c16-13-4-1-5-15(9-13)19-11-14(18)10-17-8-2-3-12-6-7-12/h1,4-5,9,12,14,17-18H,2-3,6-8,10-11H2. The fraction of sp³-hybridized carbons (Fsp3) is 0.600. The van der Waals surface area contributed by atoms with Crippen LogP contribution in [0.5, 0.6) is 5.75 Å². The Morgan fingerprint density at radius 2 is 2.26 bits per heavy atom. The largest absolute Gasteiger partial charge is 0.491 e. The molecule has 3 nitrogen and oxygen atoms in total. The molecule has 0 heterocycles. The lowest BCUT2D eigenvalue weighted by Crippen LogP contribution is -2.32. The van der Waals surface area contributed by atoms with Crippen molar-refractivity contribution in [2.75, 3.05) is 19.7 Å². The summed E-state index contributed by atoms with van der Waals surface area (Å²) in [4.78, 5) is 0. The van der Waals surface area contributed by atoms with Crippen molar-refractivity contribution >= 4 is 15.9 Å². The zero-order valence-electron chi connectivity index (χ0n) is 11.1. The van der Waals surface area contributed by atoms with Crippen molar-refractivity contribution in [1.82, 2.24) is 5.32 Å². The van der Waals surface area contributed by atoms with E-state index >= 15 is 0 Å². The molecule has 0 spiro atoms. The average molecular weight is 328 g/mol. The van der Waals surface area contributed by atoms with Crippen LogP contribution in [0.4, 0.5) is 0 Å². The van der Waals surface area contributed by atoms with E-state index in [2.05, 4.69) is 21.2 Å². The van der Waals surface area contributed by atoms with Crippen molar-refractivity contribution in [3.63, 3.8) is 0 Å². The van der Waals surface area contributed by atoms with Crippen LogP contribution in [0.1, 0.15) is 25.7 Å². The van der Waals surface area contributed by atoms with Crippen molar-refractivity contribution < 1.29 is 9.84 Å². The molecule has 106 valence electrons. The van der Waals surface area contributed by atoms with Gasteiger partial charge in [-0.05, 0) is 43.5 Å². The van der Waals surface area contributed by atoms with E-state index in [1.807, 2.05) is 24.3 Å². The number of hydrogen-bond donors (Lipinski definition) is 2. The van der Waals surface area contributed by atoms with Crippen molar-refractivity contribution in [2.45, 2.75) is 31.8 Å². The van der Waals surface area contributed by atoms with Gasteiger partial charge in [0.25, 0.3) is 0 Å². The number of ether oxygens (including phenoxy) is 1. The van der Waals surface area contributed by atoms with E-state index in [4.69, 9.17) is 4.74 Å². The second-order valence-corrected chi connectivity index (χ2v) is 6.13. The van der Waals surface area contributed by atoms with Gasteiger partial charge in [-0.3, -0.25) is 0 Å². The molecule has 0 bridgehead atoms. The van der Waals surface area contributed by atoms with Gasteiger partial charge in [0.05, 0.1) is 0 Å². The molecule has 0 aromatic heterocycles. The Morgan fingerprint density at radius 1 is 1.42 bits per heavy atom. The fourth-order valence-electron chi connectivity index (χ4n) is 2.00. The topological polar surface area (TPSA) is 41.5 Å². The van der Waals surface area contributed by atoms with Crippen LogP contribution in [-0.2, 0) is 0 Å². The summed E-state index contributed by atoms with van der Waals surface area (Å²) in [5, 5.41) is 13.1. The molecule has 1 aromatic rings. The summed E-state index contributed by atoms with van der Waals surface area (Å²) < 4.78 is 6.52. The summed E-state index contributed by atoms with van der Waals surface area (Å²) in [6.45, 7) is 1.91. The van der Waals surface area contributed by atoms with E-state index in [1.165, 1.54) is 25.7 Å². The summed E-state index contributed by atoms with van der Waals surface area (Å²) in [6.07, 6.45) is 4.92. The third-order valence-corrected chi connectivity index (χ3v) is 3.77. The van der Waals surface area contributed by atoms with Crippen molar-refractivity contribution in [2.24, 2.45) is 5.92 Å². The second-order valence-electron chi connectivity index (χ2n) is 5.21. The number of halogens is 1. The van der Waals surface area contributed by atoms with Gasteiger partial charge in [-0.2, -0.15) is 0 Å². The molecule has 0 saturated heterocycles. The zero-order chi connectivity index (χ0) is 13.5. The second kappa shape index (κ2) is 7.88. The molecule has 0 radical (unpaired) electrons. The maximum atomic E-state index is 9.80. The summed E-state index contributed by atoms with van der Waals surface area (Å²) in [6, 6.07) is 7.66. The number of benzene rings is 1. The molecule has 0 aliphatic heterocycles. The van der Waals surface area contributed by atoms with Crippen LogP contribution in [0, 0.1) is 5.92 Å². The molecule has 1 aliphatic rings. The number of aliphatic hydroxyl groups excluding tert-OH is 1. The van der Waals surface area contributed by atoms with Gasteiger partial charge >= 0.3 is 0 Å². The van der Waals surface area contributed by atoms with E-state index < -0.39 is 6.10 Å². The third kappa shape index (κ3) is 6.41. The molecule has 0 amide bonds. The monoisotopic (exact) mass is 327 g/mol. The molecule has 2 N–H and O–H groups in total. The summed E-state index contributed by atoms with van der Waals surface area (Å²) in [5.74, 6) is 1.77. The molecule has 4 heteroatoms. The summed E-state index contributed by atoms with van der Waals surface area (Å²) >= 11 is 3.39. The number of nitrogens with one attached hydrogen (secondary N) is 1. The van der Waals surface area contributed by atoms with Gasteiger partial charge in [0, 0.05) is 11.0 Å². The lowest BCUT2D eigenvalue weighted by Gasteiger charge is -2.13. The molecule has 19 heavy (non-hydrogen) atoms. The van der Waals surface area contributed by atoms with Crippen LogP contribution in [0.15, 0.2) is 28.7 Å². The van der Waals surface area contributed by atoms with E-state index in [1.54, 1.807) is 0 Å². The van der Waals surface area contributed by atoms with Gasteiger partial charge in [-0.15, -0.1) is 0 Å². The number of hydrogen-bond acceptors (Lipinski definition) is 3. The van der Waals surface area contributed by atoms with Crippen LogP contribution in [-0.4, -0.2) is 30.9 Å². The average Bonchev–Trinajstić information content (AvgIpc) is 3.20. The molecule has 1 unspecified atom stereocenters. The van der Waals surface area contributed by atoms with Gasteiger partial charge in [0.2, 0.25) is 0 Å². The Hall–Kier alpha value is -0.580. The Kier molecular flexibility index (Phi) is 6.14. The Balaban J connectivity index is 1.52. The molecule has 1 atom stereocenters. The highest BCUT2D eigenvalue weighted by Crippen LogP contribution is 2.33. The molecule has 2 rings (SSSR count). The highest BCUT2D eigenvalue weighted by molar-refractivity contribution is 9.10. The van der Waals surface area contributed by atoms with Crippen molar-refractivity contribution in [3.05, 3.63) is 28.7 Å². The van der Waals surface area contributed by atoms with Crippen LogP contribution in [0.25, 0.3) is 0 Å². The Labute approximate surface area is 123 Å². The third-order valence-electron chi connectivity index (χ3n) is 3.28. The minimum Gasteiger partial charge on any atom is -0.491 e. The highest BCUT2D eigenvalue weighted by atomic mass is 79.9. The predicted octanol–water partition coefficient (Wildman–Crippen LogP) is 2.97. The molecule has 1 aliphatic carbocycles. The van der Waals surface area contributed by atoms with Gasteiger partial charge in [0.1, 0.15) is 18.5 Å². The maximum Gasteiger partial charge on any atom is 0.120 e. The quantitative estimate of drug-likeness (QED) is 0.685. The maximum absolute atomic E-state index is 9.80. The minimum atomic E-state index is -0.458. The lowest BCUT2D eigenvalue weighted by molar-refractivity contribution is 0.106. The molecular formula is C15H22BrNO2. The number of aliphatic hydroxyl groups is 1. The van der Waals surface area contributed by atoms with Gasteiger partial charge in [-0.25, -0.2) is 0 Å². The lowest BCUT2D eigenvalue weighted by atomic mass is 10.2. The highest BCUT2D eigenvalue weighted by Gasteiger charge is 2.19. The van der Waals surface area contributed by atoms with Gasteiger partial charge < -0.3 is 15.2 Å². The fourth-order valence-corrected chi connectivity index (χ4v) is 2.38. The molecule has 1 fully saturated rings.